The molecular formula is C13H18N4O4. The summed E-state index contributed by atoms with van der Waals surface area (Å²) < 4.78 is 5.42. The fourth-order valence-electron chi connectivity index (χ4n) is 2.43. The Hall–Kier alpha value is -2.19. The first-order valence-electron chi connectivity index (χ1n) is 6.69. The number of nitro groups is 1. The average molecular weight is 294 g/mol. The highest BCUT2D eigenvalue weighted by Crippen LogP contribution is 2.27. The second-order valence-electron chi connectivity index (χ2n) is 4.98. The van der Waals surface area contributed by atoms with Crippen molar-refractivity contribution in [2.24, 2.45) is 5.84 Å². The molecule has 4 N–H and O–H groups in total. The van der Waals surface area contributed by atoms with Crippen molar-refractivity contribution in [1.82, 2.24) is 5.32 Å². The third-order valence-corrected chi connectivity index (χ3v) is 3.45. The van der Waals surface area contributed by atoms with E-state index in [2.05, 4.69) is 10.7 Å². The van der Waals surface area contributed by atoms with Gasteiger partial charge in [-0.05, 0) is 25.8 Å². The van der Waals surface area contributed by atoms with Crippen LogP contribution in [0.1, 0.15) is 30.1 Å². The number of hydrazine groups is 1. The van der Waals surface area contributed by atoms with Gasteiger partial charge in [0.15, 0.2) is 0 Å². The van der Waals surface area contributed by atoms with E-state index in [1.165, 1.54) is 18.2 Å². The van der Waals surface area contributed by atoms with Crippen molar-refractivity contribution in [3.63, 3.8) is 0 Å². The van der Waals surface area contributed by atoms with E-state index in [1.54, 1.807) is 0 Å². The first-order valence-corrected chi connectivity index (χ1v) is 6.69. The van der Waals surface area contributed by atoms with Gasteiger partial charge in [0.05, 0.1) is 16.6 Å². The fourth-order valence-corrected chi connectivity index (χ4v) is 2.43. The molecule has 1 saturated heterocycles. The van der Waals surface area contributed by atoms with Gasteiger partial charge in [-0.1, -0.05) is 6.07 Å². The van der Waals surface area contributed by atoms with Gasteiger partial charge in [-0.15, -0.1) is 0 Å². The van der Waals surface area contributed by atoms with Crippen LogP contribution in [-0.4, -0.2) is 29.6 Å². The Morgan fingerprint density at radius 2 is 2.29 bits per heavy atom. The summed E-state index contributed by atoms with van der Waals surface area (Å²) in [6.07, 6.45) is 1.52. The van der Waals surface area contributed by atoms with Crippen molar-refractivity contribution in [3.05, 3.63) is 33.9 Å². The molecule has 8 heteroatoms. The molecule has 0 aliphatic carbocycles. The Morgan fingerprint density at radius 1 is 1.52 bits per heavy atom. The summed E-state index contributed by atoms with van der Waals surface area (Å²) in [5.74, 6) is 4.94. The van der Waals surface area contributed by atoms with Crippen molar-refractivity contribution < 1.29 is 14.5 Å². The summed E-state index contributed by atoms with van der Waals surface area (Å²) >= 11 is 0. The van der Waals surface area contributed by atoms with Crippen LogP contribution in [0.25, 0.3) is 0 Å². The molecule has 0 saturated carbocycles. The molecule has 114 valence electrons. The Morgan fingerprint density at radius 3 is 2.90 bits per heavy atom. The summed E-state index contributed by atoms with van der Waals surface area (Å²) in [5, 5.41) is 13.8. The van der Waals surface area contributed by atoms with E-state index in [0.717, 1.165) is 6.42 Å². The number of carbonyl (C=O) groups excluding carboxylic acids is 1. The zero-order chi connectivity index (χ0) is 15.4. The molecule has 1 aliphatic heterocycles. The number of nitro benzene ring substituents is 1. The van der Waals surface area contributed by atoms with Crippen LogP contribution >= 0.6 is 0 Å². The van der Waals surface area contributed by atoms with Crippen molar-refractivity contribution >= 4 is 17.3 Å². The predicted molar refractivity (Wildman–Crippen MR) is 76.8 cm³/mol. The lowest BCUT2D eigenvalue weighted by molar-refractivity contribution is -0.384. The highest BCUT2D eigenvalue weighted by Gasteiger charge is 2.25. The van der Waals surface area contributed by atoms with Crippen LogP contribution in [0, 0.1) is 10.1 Å². The maximum absolute atomic E-state index is 12.3. The first-order chi connectivity index (χ1) is 10.0. The third kappa shape index (κ3) is 3.47. The number of nitrogens with zero attached hydrogens (tertiary/aromatic N) is 1. The summed E-state index contributed by atoms with van der Waals surface area (Å²) in [7, 11) is 0. The van der Waals surface area contributed by atoms with Gasteiger partial charge in [-0.2, -0.15) is 0 Å². The zero-order valence-corrected chi connectivity index (χ0v) is 11.7. The average Bonchev–Trinajstić information content (AvgIpc) is 2.46. The number of nitrogen functional groups attached to an aromatic ring is 1. The van der Waals surface area contributed by atoms with E-state index < -0.39 is 4.92 Å². The molecule has 21 heavy (non-hydrogen) atoms. The lowest BCUT2D eigenvalue weighted by Crippen LogP contribution is -2.41. The Labute approximate surface area is 121 Å². The topological polar surface area (TPSA) is 120 Å². The molecule has 1 aromatic carbocycles. The van der Waals surface area contributed by atoms with Crippen LogP contribution in [0.5, 0.6) is 0 Å². The molecule has 0 aromatic heterocycles. The van der Waals surface area contributed by atoms with Gasteiger partial charge in [0.2, 0.25) is 0 Å². The number of amides is 1. The van der Waals surface area contributed by atoms with Crippen molar-refractivity contribution in [3.8, 4) is 0 Å². The number of hydrogen-bond donors (Lipinski definition) is 3. The van der Waals surface area contributed by atoms with Gasteiger partial charge in [0.1, 0.15) is 5.69 Å². The largest absolute Gasteiger partial charge is 0.378 e. The van der Waals surface area contributed by atoms with E-state index in [1.807, 2.05) is 6.92 Å². The molecule has 2 atom stereocenters. The van der Waals surface area contributed by atoms with E-state index in [4.69, 9.17) is 10.6 Å². The standard InChI is InChI=1S/C13H18N4O4/c1-8-7-9(5-6-21-8)15-13(18)10-3-2-4-11(17(19)20)12(10)16-14/h2-4,8-9,16H,5-7,14H2,1H3,(H,15,18). The number of hydrogen-bond acceptors (Lipinski definition) is 6. The van der Waals surface area contributed by atoms with Crippen LogP contribution < -0.4 is 16.6 Å². The number of para-hydroxylation sites is 1. The molecular weight excluding hydrogens is 276 g/mol. The number of benzene rings is 1. The highest BCUT2D eigenvalue weighted by molar-refractivity contribution is 6.01. The molecule has 8 nitrogen and oxygen atoms in total. The number of nitrogens with one attached hydrogen (secondary N) is 2. The molecule has 1 fully saturated rings. The first kappa shape index (κ1) is 15.2. The van der Waals surface area contributed by atoms with Crippen molar-refractivity contribution in [2.75, 3.05) is 12.0 Å². The minimum atomic E-state index is -0.581. The van der Waals surface area contributed by atoms with Gasteiger partial charge in [-0.3, -0.25) is 20.8 Å². The van der Waals surface area contributed by atoms with Crippen LogP contribution in [0.2, 0.25) is 0 Å². The number of nitrogens with two attached hydrogens (primary N) is 1. The molecule has 0 spiro atoms. The van der Waals surface area contributed by atoms with Gasteiger partial charge >= 0.3 is 0 Å². The van der Waals surface area contributed by atoms with Crippen LogP contribution in [0.15, 0.2) is 18.2 Å². The molecule has 2 unspecified atom stereocenters. The predicted octanol–water partition coefficient (Wildman–Crippen LogP) is 1.18. The summed E-state index contributed by atoms with van der Waals surface area (Å²) in [4.78, 5) is 22.7. The zero-order valence-electron chi connectivity index (χ0n) is 11.7. The SMILES string of the molecule is CC1CC(NC(=O)c2cccc([N+](=O)[O-])c2NN)CCO1. The van der Waals surface area contributed by atoms with Gasteiger partial charge in [0, 0.05) is 18.7 Å². The second-order valence-corrected chi connectivity index (χ2v) is 4.98. The lowest BCUT2D eigenvalue weighted by atomic mass is 10.0. The maximum atomic E-state index is 12.3. The normalized spacial score (nSPS) is 21.6. The Balaban J connectivity index is 2.19. The lowest BCUT2D eigenvalue weighted by Gasteiger charge is -2.28. The van der Waals surface area contributed by atoms with Gasteiger partial charge < -0.3 is 15.5 Å². The number of carbonyl (C=O) groups is 1. The summed E-state index contributed by atoms with van der Waals surface area (Å²) in [6, 6.07) is 4.25. The van der Waals surface area contributed by atoms with E-state index in [9.17, 15) is 14.9 Å². The number of ether oxygens (including phenoxy) is 1. The Kier molecular flexibility index (Phi) is 4.71. The van der Waals surface area contributed by atoms with Crippen molar-refractivity contribution in [2.45, 2.75) is 31.9 Å². The minimum absolute atomic E-state index is 0.00821. The van der Waals surface area contributed by atoms with E-state index in [-0.39, 0.29) is 35.0 Å². The third-order valence-electron chi connectivity index (χ3n) is 3.45. The number of anilines is 1. The molecule has 1 aromatic rings. The molecule has 0 radical (unpaired) electrons. The van der Waals surface area contributed by atoms with Crippen LogP contribution in [0.3, 0.4) is 0 Å². The molecule has 1 amide bonds. The van der Waals surface area contributed by atoms with Gasteiger partial charge in [0.25, 0.3) is 11.6 Å². The smallest absolute Gasteiger partial charge is 0.294 e. The molecule has 1 aliphatic rings. The molecule has 0 bridgehead atoms. The fraction of sp³-hybridized carbons (Fsp3) is 0.462. The quantitative estimate of drug-likeness (QED) is 0.436. The minimum Gasteiger partial charge on any atom is -0.378 e. The summed E-state index contributed by atoms with van der Waals surface area (Å²) in [5.41, 5.74) is 2.19. The number of rotatable bonds is 4. The maximum Gasteiger partial charge on any atom is 0.294 e. The van der Waals surface area contributed by atoms with E-state index >= 15 is 0 Å². The second kappa shape index (κ2) is 6.51. The van der Waals surface area contributed by atoms with Crippen LogP contribution in [0.4, 0.5) is 11.4 Å². The molecule has 1 heterocycles. The molecule has 2 rings (SSSR count). The Bertz CT molecular complexity index is 549. The monoisotopic (exact) mass is 294 g/mol. The van der Waals surface area contributed by atoms with E-state index in [0.29, 0.717) is 13.0 Å². The van der Waals surface area contributed by atoms with Crippen molar-refractivity contribution in [1.29, 1.82) is 0 Å². The van der Waals surface area contributed by atoms with Crippen LogP contribution in [-0.2, 0) is 4.74 Å². The summed E-state index contributed by atoms with van der Waals surface area (Å²) in [6.45, 7) is 2.53. The van der Waals surface area contributed by atoms with Gasteiger partial charge in [-0.25, -0.2) is 0 Å². The highest BCUT2D eigenvalue weighted by atomic mass is 16.6.